The molecule has 1 aliphatic heterocycles. The Bertz CT molecular complexity index is 487. The van der Waals surface area contributed by atoms with Crippen LogP contribution < -0.4 is 4.90 Å². The summed E-state index contributed by atoms with van der Waals surface area (Å²) >= 11 is 2.21. The van der Waals surface area contributed by atoms with Crippen molar-refractivity contribution in [2.45, 2.75) is 19.8 Å². The van der Waals surface area contributed by atoms with Crippen LogP contribution in [0.15, 0.2) is 24.3 Å². The molecule has 0 spiro atoms. The van der Waals surface area contributed by atoms with Gasteiger partial charge in [0.15, 0.2) is 0 Å². The average molecular weight is 355 g/mol. The minimum absolute atomic E-state index is 0.00411. The average Bonchev–Trinajstić information content (AvgIpc) is 2.82. The highest BCUT2D eigenvalue weighted by atomic mass is 127. The van der Waals surface area contributed by atoms with Crippen molar-refractivity contribution in [1.82, 2.24) is 0 Å². The Morgan fingerprint density at radius 1 is 1.06 bits per heavy atom. The summed E-state index contributed by atoms with van der Waals surface area (Å²) in [5.74, 6) is 0.330. The monoisotopic (exact) mass is 355 g/mol. The molecule has 2 amide bonds. The number of carbonyl (C=O) groups excluding carboxylic acids is 2. The molecule has 0 aromatic heterocycles. The molecule has 2 aliphatic rings. The summed E-state index contributed by atoms with van der Waals surface area (Å²) in [4.78, 5) is 26.0. The predicted molar refractivity (Wildman–Crippen MR) is 77.0 cm³/mol. The lowest BCUT2D eigenvalue weighted by atomic mass is 10.00. The van der Waals surface area contributed by atoms with Crippen molar-refractivity contribution in [3.63, 3.8) is 0 Å². The minimum Gasteiger partial charge on any atom is -0.274 e. The molecule has 0 N–H and O–H groups in total. The van der Waals surface area contributed by atoms with Gasteiger partial charge in [-0.1, -0.05) is 6.92 Å². The summed E-state index contributed by atoms with van der Waals surface area (Å²) in [6.45, 7) is 2.12. The van der Waals surface area contributed by atoms with Crippen LogP contribution in [0.3, 0.4) is 0 Å². The van der Waals surface area contributed by atoms with Crippen LogP contribution in [0.1, 0.15) is 19.8 Å². The third-order valence-corrected chi connectivity index (χ3v) is 4.68. The predicted octanol–water partition coefficient (Wildman–Crippen LogP) is 2.83. The topological polar surface area (TPSA) is 37.4 Å². The number of rotatable bonds is 1. The van der Waals surface area contributed by atoms with Crippen LogP contribution in [-0.2, 0) is 9.59 Å². The molecule has 1 saturated heterocycles. The van der Waals surface area contributed by atoms with E-state index in [9.17, 15) is 9.59 Å². The van der Waals surface area contributed by atoms with E-state index in [1.807, 2.05) is 24.3 Å². The summed E-state index contributed by atoms with van der Waals surface area (Å²) in [5.41, 5.74) is 0.715. The van der Waals surface area contributed by atoms with Gasteiger partial charge in [-0.15, -0.1) is 0 Å². The highest BCUT2D eigenvalue weighted by Gasteiger charge is 2.52. The maximum Gasteiger partial charge on any atom is 0.237 e. The fourth-order valence-electron chi connectivity index (χ4n) is 3.12. The molecule has 1 saturated carbocycles. The van der Waals surface area contributed by atoms with Gasteiger partial charge in [0.05, 0.1) is 17.5 Å². The van der Waals surface area contributed by atoms with E-state index in [0.717, 1.165) is 16.4 Å². The third kappa shape index (κ3) is 1.77. The molecule has 1 aromatic carbocycles. The van der Waals surface area contributed by atoms with Gasteiger partial charge in [-0.05, 0) is 65.6 Å². The first-order chi connectivity index (χ1) is 8.58. The van der Waals surface area contributed by atoms with Gasteiger partial charge >= 0.3 is 0 Å². The largest absolute Gasteiger partial charge is 0.274 e. The molecule has 0 radical (unpaired) electrons. The second-order valence-corrected chi connectivity index (χ2v) is 6.52. The maximum atomic E-state index is 12.3. The number of carbonyl (C=O) groups is 2. The molecule has 2 atom stereocenters. The van der Waals surface area contributed by atoms with Crippen LogP contribution in [0, 0.1) is 21.3 Å². The van der Waals surface area contributed by atoms with Gasteiger partial charge in [0.1, 0.15) is 0 Å². The summed E-state index contributed by atoms with van der Waals surface area (Å²) < 4.78 is 1.10. The lowest BCUT2D eigenvalue weighted by Gasteiger charge is -2.16. The van der Waals surface area contributed by atoms with Gasteiger partial charge in [0, 0.05) is 3.57 Å². The number of hydrogen-bond acceptors (Lipinski definition) is 2. The molecule has 3 nitrogen and oxygen atoms in total. The van der Waals surface area contributed by atoms with Crippen LogP contribution in [0.2, 0.25) is 0 Å². The number of imide groups is 1. The fourth-order valence-corrected chi connectivity index (χ4v) is 3.48. The molecule has 4 heteroatoms. The number of fused-ring (bicyclic) bond motifs is 1. The van der Waals surface area contributed by atoms with Gasteiger partial charge in [-0.25, -0.2) is 0 Å². The van der Waals surface area contributed by atoms with Crippen molar-refractivity contribution < 1.29 is 9.59 Å². The molecular formula is C14H14INO2. The number of amides is 2. The van der Waals surface area contributed by atoms with E-state index in [1.54, 1.807) is 0 Å². The maximum absolute atomic E-state index is 12.3. The van der Waals surface area contributed by atoms with Gasteiger partial charge in [0.2, 0.25) is 11.8 Å². The van der Waals surface area contributed by atoms with Crippen LogP contribution in [0.5, 0.6) is 0 Å². The van der Waals surface area contributed by atoms with Gasteiger partial charge in [-0.3, -0.25) is 14.5 Å². The highest BCUT2D eigenvalue weighted by Crippen LogP contribution is 2.44. The summed E-state index contributed by atoms with van der Waals surface area (Å²) in [7, 11) is 0. The lowest BCUT2D eigenvalue weighted by molar-refractivity contribution is -0.123. The van der Waals surface area contributed by atoms with Crippen molar-refractivity contribution in [2.75, 3.05) is 4.90 Å². The molecule has 2 unspecified atom stereocenters. The second-order valence-electron chi connectivity index (χ2n) is 5.28. The summed E-state index contributed by atoms with van der Waals surface area (Å²) in [5, 5.41) is 0. The molecule has 0 bridgehead atoms. The number of halogens is 1. The van der Waals surface area contributed by atoms with E-state index in [2.05, 4.69) is 29.5 Å². The SMILES string of the molecule is CC1CC2C(=O)N(c3ccc(I)cc3)C(=O)C2C1. The highest BCUT2D eigenvalue weighted by molar-refractivity contribution is 14.1. The van der Waals surface area contributed by atoms with Gasteiger partial charge < -0.3 is 0 Å². The zero-order chi connectivity index (χ0) is 12.9. The quantitative estimate of drug-likeness (QED) is 0.574. The first-order valence-electron chi connectivity index (χ1n) is 6.21. The van der Waals surface area contributed by atoms with E-state index >= 15 is 0 Å². The molecule has 3 rings (SSSR count). The van der Waals surface area contributed by atoms with Crippen molar-refractivity contribution in [2.24, 2.45) is 17.8 Å². The third-order valence-electron chi connectivity index (χ3n) is 3.96. The van der Waals surface area contributed by atoms with Crippen LogP contribution >= 0.6 is 22.6 Å². The Kier molecular flexibility index (Phi) is 2.92. The van der Waals surface area contributed by atoms with Crippen LogP contribution in [0.4, 0.5) is 5.69 Å². The van der Waals surface area contributed by atoms with Gasteiger partial charge in [-0.2, -0.15) is 0 Å². The molecule has 1 aromatic rings. The molecule has 18 heavy (non-hydrogen) atoms. The molecule has 1 heterocycles. The zero-order valence-corrected chi connectivity index (χ0v) is 12.3. The molecule has 2 fully saturated rings. The number of benzene rings is 1. The standard InChI is InChI=1S/C14H14INO2/c1-8-6-11-12(7-8)14(18)16(13(11)17)10-4-2-9(15)3-5-10/h2-5,8,11-12H,6-7H2,1H3. The van der Waals surface area contributed by atoms with Crippen molar-refractivity contribution >= 4 is 40.1 Å². The number of anilines is 1. The fraction of sp³-hybridized carbons (Fsp3) is 0.429. The van der Waals surface area contributed by atoms with E-state index in [1.165, 1.54) is 4.90 Å². The normalized spacial score (nSPS) is 31.0. The van der Waals surface area contributed by atoms with Crippen LogP contribution in [0.25, 0.3) is 0 Å². The molecule has 1 aliphatic carbocycles. The molecular weight excluding hydrogens is 341 g/mol. The van der Waals surface area contributed by atoms with Crippen molar-refractivity contribution in [1.29, 1.82) is 0 Å². The second kappa shape index (κ2) is 4.33. The lowest BCUT2D eigenvalue weighted by Crippen LogP contribution is -2.32. The Hall–Kier alpha value is -0.910. The Labute approximate surface area is 120 Å². The molecule has 94 valence electrons. The van der Waals surface area contributed by atoms with Crippen molar-refractivity contribution in [3.8, 4) is 0 Å². The zero-order valence-electron chi connectivity index (χ0n) is 10.1. The first kappa shape index (κ1) is 12.1. The van der Waals surface area contributed by atoms with Crippen LogP contribution in [-0.4, -0.2) is 11.8 Å². The minimum atomic E-state index is -0.0771. The Morgan fingerprint density at radius 2 is 1.56 bits per heavy atom. The smallest absolute Gasteiger partial charge is 0.237 e. The summed E-state index contributed by atoms with van der Waals surface area (Å²) in [6.07, 6.45) is 1.71. The van der Waals surface area contributed by atoms with Gasteiger partial charge in [0.25, 0.3) is 0 Å². The first-order valence-corrected chi connectivity index (χ1v) is 7.29. The van der Waals surface area contributed by atoms with Crippen molar-refractivity contribution in [3.05, 3.63) is 27.8 Å². The van der Waals surface area contributed by atoms with E-state index in [4.69, 9.17) is 0 Å². The summed E-state index contributed by atoms with van der Waals surface area (Å²) in [6, 6.07) is 7.55. The van der Waals surface area contributed by atoms with E-state index in [0.29, 0.717) is 11.6 Å². The van der Waals surface area contributed by atoms with E-state index < -0.39 is 0 Å². The Morgan fingerprint density at radius 3 is 2.06 bits per heavy atom. The Balaban J connectivity index is 1.93. The number of hydrogen-bond donors (Lipinski definition) is 0. The number of nitrogens with zero attached hydrogens (tertiary/aromatic N) is 1. The van der Waals surface area contributed by atoms with E-state index in [-0.39, 0.29) is 23.7 Å².